The zero-order chi connectivity index (χ0) is 39.2. The quantitative estimate of drug-likeness (QED) is 0.159. The predicted molar refractivity (Wildman–Crippen MR) is 224 cm³/mol. The Morgan fingerprint density at radius 3 is 1.65 bits per heavy atom. The number of nitrogens with zero attached hydrogens (tertiary/aromatic N) is 3. The maximum Gasteiger partial charge on any atom is 0.290 e. The highest BCUT2D eigenvalue weighted by atomic mass is 35.5. The molecule has 4 aliphatic heterocycles. The fraction of sp³-hybridized carbons (Fsp3) is 0.462. The van der Waals surface area contributed by atoms with Gasteiger partial charge >= 0.3 is 0 Å². The van der Waals surface area contributed by atoms with E-state index in [-0.39, 0.29) is 28.3 Å². The van der Waals surface area contributed by atoms with Gasteiger partial charge in [-0.25, -0.2) is 0 Å². The van der Waals surface area contributed by atoms with Gasteiger partial charge in [0, 0.05) is 55.8 Å². The summed E-state index contributed by atoms with van der Waals surface area (Å²) in [5.41, 5.74) is 9.60. The number of imide groups is 2. The molecule has 4 N–H and O–H groups in total. The molecule has 4 fully saturated rings. The molecule has 0 saturated carbocycles. The standard InChI is InChI=1S/C21H28ClN3O2S.C15H16ClN3O2S.C3H6O/c1-3-10-24(11-4-2)16-8-6-12-25(14-16)19-15(7-5-9-17(19)22)13-18-20(26)23-21(27)28-18;16-11-5-1-3-9(7-12-14(20)18-15(21)22-12)13(11)19-6-2-4-10(17)8-19;1-2-3-4/h5,7,9,13,16H,3-4,6,8,10-12,14H2,1-2H3,(H,23,26,27);1,3,5,7,10H,2,4,6,8,17H2,(H,18,20,21);3H,2H2,1H3/b18-13-;12-7-;/t16-;10-;/m11./s1. The average molecular weight is 818 g/mol. The first-order chi connectivity index (χ1) is 26.0. The summed E-state index contributed by atoms with van der Waals surface area (Å²) in [6.45, 7) is 12.0. The number of nitrogens with two attached hydrogens (primary N) is 1. The van der Waals surface area contributed by atoms with Gasteiger partial charge in [-0.3, -0.25) is 34.7 Å². The minimum Gasteiger partial charge on any atom is -0.368 e. The van der Waals surface area contributed by atoms with Crippen molar-refractivity contribution in [2.75, 3.05) is 49.1 Å². The topological polar surface area (TPSA) is 145 Å². The Morgan fingerprint density at radius 2 is 1.24 bits per heavy atom. The zero-order valence-corrected chi connectivity index (χ0v) is 34.2. The number of carbonyl (C=O) groups excluding carboxylic acids is 5. The summed E-state index contributed by atoms with van der Waals surface area (Å²) in [6, 6.07) is 11.9. The minimum atomic E-state index is -0.365. The van der Waals surface area contributed by atoms with E-state index in [4.69, 9.17) is 28.9 Å². The number of hydrogen-bond donors (Lipinski definition) is 3. The van der Waals surface area contributed by atoms with Crippen LogP contribution in [0.1, 0.15) is 76.8 Å². The lowest BCUT2D eigenvalue weighted by atomic mass is 10.0. The molecular formula is C39H50Cl2N6O5S2. The second-order valence-corrected chi connectivity index (χ2v) is 16.1. The van der Waals surface area contributed by atoms with Crippen molar-refractivity contribution in [1.29, 1.82) is 0 Å². The number of thioether (sulfide) groups is 2. The molecule has 0 unspecified atom stereocenters. The highest BCUT2D eigenvalue weighted by Gasteiger charge is 2.30. The number of anilines is 2. The van der Waals surface area contributed by atoms with Crippen LogP contribution in [-0.4, -0.2) is 84.8 Å². The van der Waals surface area contributed by atoms with E-state index in [2.05, 4.69) is 39.2 Å². The van der Waals surface area contributed by atoms with Crippen molar-refractivity contribution in [3.8, 4) is 0 Å². The van der Waals surface area contributed by atoms with E-state index in [0.717, 1.165) is 124 Å². The second-order valence-electron chi connectivity index (χ2n) is 13.3. The number of piperidine rings is 2. The van der Waals surface area contributed by atoms with Gasteiger partial charge in [0.15, 0.2) is 0 Å². The van der Waals surface area contributed by atoms with Crippen molar-refractivity contribution in [2.24, 2.45) is 5.73 Å². The van der Waals surface area contributed by atoms with Gasteiger partial charge < -0.3 is 20.3 Å². The molecule has 11 nitrogen and oxygen atoms in total. The molecule has 0 bridgehead atoms. The number of benzene rings is 2. The molecular weight excluding hydrogens is 768 g/mol. The van der Waals surface area contributed by atoms with Crippen LogP contribution in [0.15, 0.2) is 46.2 Å². The van der Waals surface area contributed by atoms with E-state index in [1.165, 1.54) is 6.42 Å². The number of hydrogen-bond acceptors (Lipinski definition) is 11. The van der Waals surface area contributed by atoms with Crippen LogP contribution in [0, 0.1) is 0 Å². The number of aldehydes is 1. The Morgan fingerprint density at radius 1 is 0.778 bits per heavy atom. The maximum absolute atomic E-state index is 12.0. The van der Waals surface area contributed by atoms with Crippen LogP contribution in [0.5, 0.6) is 0 Å². The van der Waals surface area contributed by atoms with Gasteiger partial charge in [0.05, 0.1) is 31.2 Å². The molecule has 54 heavy (non-hydrogen) atoms. The Balaban J connectivity index is 0.000000224. The molecule has 15 heteroatoms. The van der Waals surface area contributed by atoms with E-state index in [9.17, 15) is 24.0 Å². The van der Waals surface area contributed by atoms with Gasteiger partial charge in [-0.1, -0.05) is 68.2 Å². The largest absolute Gasteiger partial charge is 0.368 e. The smallest absolute Gasteiger partial charge is 0.290 e. The molecule has 0 aliphatic carbocycles. The fourth-order valence-corrected chi connectivity index (χ4v) is 8.76. The molecule has 4 heterocycles. The van der Waals surface area contributed by atoms with Gasteiger partial charge in [-0.05, 0) is 99.4 Å². The third-order valence-electron chi connectivity index (χ3n) is 9.08. The Labute approximate surface area is 336 Å². The zero-order valence-electron chi connectivity index (χ0n) is 31.1. The van der Waals surface area contributed by atoms with Crippen LogP contribution >= 0.6 is 46.7 Å². The molecule has 292 valence electrons. The number of carbonyl (C=O) groups is 5. The van der Waals surface area contributed by atoms with Gasteiger partial charge in [-0.2, -0.15) is 0 Å². The van der Waals surface area contributed by atoms with E-state index in [1.807, 2.05) is 43.3 Å². The molecule has 6 rings (SSSR count). The molecule has 4 saturated heterocycles. The summed E-state index contributed by atoms with van der Waals surface area (Å²) >= 11 is 14.8. The SMILES string of the molecule is CCC=O.CCCN(CCC)[C@@H]1CCCN(c2c(Cl)cccc2/C=C2\SC(=O)NC2=O)C1.N[C@@H]1CCCN(c2c(Cl)cccc2/C=C2\SC(=O)NC2=O)C1. The van der Waals surface area contributed by atoms with E-state index in [1.54, 1.807) is 12.2 Å². The van der Waals surface area contributed by atoms with Crippen molar-refractivity contribution in [2.45, 2.75) is 77.8 Å². The van der Waals surface area contributed by atoms with E-state index in [0.29, 0.717) is 32.3 Å². The molecule has 0 radical (unpaired) electrons. The van der Waals surface area contributed by atoms with Gasteiger partial charge in [0.1, 0.15) is 6.29 Å². The summed E-state index contributed by atoms with van der Waals surface area (Å²) in [4.78, 5) is 63.6. The Kier molecular flexibility index (Phi) is 17.4. The average Bonchev–Trinajstić information content (AvgIpc) is 3.64. The number of amides is 4. The van der Waals surface area contributed by atoms with Gasteiger partial charge in [-0.15, -0.1) is 0 Å². The summed E-state index contributed by atoms with van der Waals surface area (Å²) in [6.07, 6.45) is 11.6. The first-order valence-electron chi connectivity index (χ1n) is 18.5. The molecule has 0 spiro atoms. The van der Waals surface area contributed by atoms with Gasteiger partial charge in [0.2, 0.25) is 0 Å². The molecule has 2 aromatic carbocycles. The predicted octanol–water partition coefficient (Wildman–Crippen LogP) is 7.94. The van der Waals surface area contributed by atoms with Gasteiger partial charge in [0.25, 0.3) is 22.3 Å². The molecule has 4 aliphatic rings. The first kappa shape index (κ1) is 43.4. The van der Waals surface area contributed by atoms with Crippen molar-refractivity contribution < 1.29 is 24.0 Å². The van der Waals surface area contributed by atoms with Crippen LogP contribution < -0.4 is 26.2 Å². The monoisotopic (exact) mass is 816 g/mol. The lowest BCUT2D eigenvalue weighted by Gasteiger charge is -2.41. The molecule has 0 aromatic heterocycles. The van der Waals surface area contributed by atoms with Crippen molar-refractivity contribution in [3.63, 3.8) is 0 Å². The summed E-state index contributed by atoms with van der Waals surface area (Å²) in [7, 11) is 0. The normalized spacial score (nSPS) is 21.5. The van der Waals surface area contributed by atoms with E-state index < -0.39 is 0 Å². The second kappa shape index (κ2) is 21.7. The van der Waals surface area contributed by atoms with Crippen molar-refractivity contribution in [3.05, 3.63) is 67.4 Å². The highest BCUT2D eigenvalue weighted by Crippen LogP contribution is 2.37. The first-order valence-corrected chi connectivity index (χ1v) is 20.9. The lowest BCUT2D eigenvalue weighted by Crippen LogP contribution is -2.48. The van der Waals surface area contributed by atoms with Crippen LogP contribution in [-0.2, 0) is 14.4 Å². The number of nitrogens with one attached hydrogen (secondary N) is 2. The maximum atomic E-state index is 12.0. The summed E-state index contributed by atoms with van der Waals surface area (Å²) < 4.78 is 0. The molecule has 2 atom stereocenters. The molecule has 2 aromatic rings. The van der Waals surface area contributed by atoms with Crippen LogP contribution in [0.25, 0.3) is 12.2 Å². The van der Waals surface area contributed by atoms with Crippen LogP contribution in [0.4, 0.5) is 21.0 Å². The number of rotatable bonds is 10. The van der Waals surface area contributed by atoms with Crippen molar-refractivity contribution >= 4 is 98.8 Å². The highest BCUT2D eigenvalue weighted by molar-refractivity contribution is 8.18. The minimum absolute atomic E-state index is 0.122. The van der Waals surface area contributed by atoms with Crippen molar-refractivity contribution in [1.82, 2.24) is 15.5 Å². The third-order valence-corrected chi connectivity index (χ3v) is 11.3. The Bertz CT molecular complexity index is 1730. The number of para-hydroxylation sites is 2. The third kappa shape index (κ3) is 12.1. The van der Waals surface area contributed by atoms with Crippen LogP contribution in [0.3, 0.4) is 0 Å². The summed E-state index contributed by atoms with van der Waals surface area (Å²) in [5, 5.41) is 5.20. The Hall–Kier alpha value is -3.33. The molecule has 4 amide bonds. The fourth-order valence-electron chi connectivity index (χ4n) is 6.81. The lowest BCUT2D eigenvalue weighted by molar-refractivity contribution is -0.116. The summed E-state index contributed by atoms with van der Waals surface area (Å²) in [5.74, 6) is -0.703. The van der Waals surface area contributed by atoms with Crippen LogP contribution in [0.2, 0.25) is 10.0 Å². The van der Waals surface area contributed by atoms with E-state index >= 15 is 0 Å². The number of halogens is 2.